The van der Waals surface area contributed by atoms with E-state index in [1.807, 2.05) is 0 Å². The molecule has 0 N–H and O–H groups in total. The highest BCUT2D eigenvalue weighted by Crippen LogP contribution is 2.17. The second-order valence-electron chi connectivity index (χ2n) is 9.88. The van der Waals surface area contributed by atoms with Crippen molar-refractivity contribution in [2.24, 2.45) is 0 Å². The lowest BCUT2D eigenvalue weighted by Gasteiger charge is -2.23. The first-order valence-corrected chi connectivity index (χ1v) is 14.2. The van der Waals surface area contributed by atoms with Crippen LogP contribution in [0.5, 0.6) is 0 Å². The zero-order chi connectivity index (χ0) is 23.3. The fourth-order valence-corrected chi connectivity index (χ4v) is 4.76. The summed E-state index contributed by atoms with van der Waals surface area (Å²) >= 11 is 0. The molecule has 0 aliphatic heterocycles. The predicted octanol–water partition coefficient (Wildman–Crippen LogP) is 9.23. The maximum Gasteiger partial charge on any atom is 0.0369 e. The maximum atomic E-state index is 2.49. The predicted molar refractivity (Wildman–Crippen MR) is 146 cm³/mol. The molecule has 2 nitrogen and oxygen atoms in total. The van der Waals surface area contributed by atoms with E-state index in [2.05, 4.69) is 61.9 Å². The molecule has 0 saturated carbocycles. The lowest BCUT2D eigenvalue weighted by molar-refractivity contribution is 0.316. The van der Waals surface area contributed by atoms with Crippen LogP contribution in [-0.4, -0.2) is 31.6 Å². The molecule has 1 aromatic carbocycles. The third kappa shape index (κ3) is 14.9. The number of unbranched alkanes of at least 4 members (excludes halogenated alkanes) is 15. The fourth-order valence-electron chi connectivity index (χ4n) is 4.76. The molecule has 2 heteroatoms. The quantitative estimate of drug-likeness (QED) is 0.164. The first-order valence-electron chi connectivity index (χ1n) is 14.2. The lowest BCUT2D eigenvalue weighted by atomic mass is 10.0. The van der Waals surface area contributed by atoms with Crippen LogP contribution >= 0.6 is 0 Å². The average molecular weight is 445 g/mol. The van der Waals surface area contributed by atoms with Gasteiger partial charge in [-0.15, -0.1) is 0 Å². The molecular formula is C30H56N2. The first-order chi connectivity index (χ1) is 15.7. The molecule has 32 heavy (non-hydrogen) atoms. The Morgan fingerprint density at radius 1 is 0.594 bits per heavy atom. The normalized spacial score (nSPS) is 11.4. The Morgan fingerprint density at radius 2 is 1.06 bits per heavy atom. The lowest BCUT2D eigenvalue weighted by Crippen LogP contribution is -2.22. The minimum absolute atomic E-state index is 1.06. The van der Waals surface area contributed by atoms with Crippen LogP contribution in [0, 0.1) is 0 Å². The molecule has 0 radical (unpaired) electrons. The van der Waals surface area contributed by atoms with Gasteiger partial charge in [0.15, 0.2) is 0 Å². The fraction of sp³-hybridized carbons (Fsp3) is 0.800. The summed E-state index contributed by atoms with van der Waals surface area (Å²) in [4.78, 5) is 4.92. The van der Waals surface area contributed by atoms with Crippen molar-refractivity contribution in [2.45, 2.75) is 130 Å². The largest absolute Gasteiger partial charge is 0.372 e. The van der Waals surface area contributed by atoms with Gasteiger partial charge in [0.05, 0.1) is 0 Å². The summed E-state index contributed by atoms with van der Waals surface area (Å²) in [5.41, 5.74) is 2.80. The molecule has 1 aromatic rings. The van der Waals surface area contributed by atoms with E-state index in [9.17, 15) is 0 Å². The zero-order valence-electron chi connectivity index (χ0n) is 22.3. The van der Waals surface area contributed by atoms with Crippen LogP contribution in [0.15, 0.2) is 24.3 Å². The molecule has 186 valence electrons. The van der Waals surface area contributed by atoms with Gasteiger partial charge in [0.1, 0.15) is 0 Å². The monoisotopic (exact) mass is 444 g/mol. The molecule has 1 rings (SSSR count). The standard InChI is InChI=1S/C30H56N2/c1-5-8-9-10-11-12-13-14-15-16-17-18-19-20-21-22-26-31(4)28-29-24-23-25-30(27-29)32(6-2)7-3/h23-25,27H,5-22,26,28H2,1-4H3. The summed E-state index contributed by atoms with van der Waals surface area (Å²) in [6.07, 6.45) is 23.0. The second kappa shape index (κ2) is 20.6. The Hall–Kier alpha value is -1.02. The number of benzene rings is 1. The number of hydrogen-bond acceptors (Lipinski definition) is 2. The maximum absolute atomic E-state index is 2.49. The number of anilines is 1. The van der Waals surface area contributed by atoms with Crippen molar-refractivity contribution < 1.29 is 0 Å². The summed E-state index contributed by atoms with van der Waals surface area (Å²) in [7, 11) is 2.27. The minimum Gasteiger partial charge on any atom is -0.372 e. The van der Waals surface area contributed by atoms with E-state index in [4.69, 9.17) is 0 Å². The molecule has 0 fully saturated rings. The van der Waals surface area contributed by atoms with Crippen LogP contribution in [0.1, 0.15) is 129 Å². The van der Waals surface area contributed by atoms with Crippen LogP contribution in [0.4, 0.5) is 5.69 Å². The smallest absolute Gasteiger partial charge is 0.0369 e. The van der Waals surface area contributed by atoms with Gasteiger partial charge in [-0.25, -0.2) is 0 Å². The Labute approximate surface area is 202 Å². The van der Waals surface area contributed by atoms with Gasteiger partial charge in [0.2, 0.25) is 0 Å². The molecule has 0 spiro atoms. The van der Waals surface area contributed by atoms with Gasteiger partial charge in [-0.05, 0) is 51.6 Å². The highest BCUT2D eigenvalue weighted by Gasteiger charge is 2.05. The first kappa shape index (κ1) is 29.0. The van der Waals surface area contributed by atoms with Gasteiger partial charge in [0.25, 0.3) is 0 Å². The van der Waals surface area contributed by atoms with Crippen LogP contribution in [0.3, 0.4) is 0 Å². The van der Waals surface area contributed by atoms with Gasteiger partial charge < -0.3 is 9.80 Å². The number of rotatable bonds is 22. The summed E-state index contributed by atoms with van der Waals surface area (Å²) in [5, 5.41) is 0. The molecule has 0 aliphatic rings. The van der Waals surface area contributed by atoms with E-state index in [-0.39, 0.29) is 0 Å². The molecule has 0 bridgehead atoms. The second-order valence-corrected chi connectivity index (χ2v) is 9.88. The summed E-state index contributed by atoms with van der Waals surface area (Å²) in [6.45, 7) is 11.2. The van der Waals surface area contributed by atoms with Gasteiger partial charge in [-0.1, -0.05) is 115 Å². The Morgan fingerprint density at radius 3 is 1.53 bits per heavy atom. The van der Waals surface area contributed by atoms with Crippen LogP contribution < -0.4 is 4.90 Å². The number of nitrogens with zero attached hydrogens (tertiary/aromatic N) is 2. The van der Waals surface area contributed by atoms with E-state index in [1.165, 1.54) is 121 Å². The Kier molecular flexibility index (Phi) is 18.7. The van der Waals surface area contributed by atoms with Crippen LogP contribution in [-0.2, 0) is 6.54 Å². The van der Waals surface area contributed by atoms with E-state index in [1.54, 1.807) is 0 Å². The van der Waals surface area contributed by atoms with Crippen molar-refractivity contribution in [3.63, 3.8) is 0 Å². The molecule has 0 unspecified atom stereocenters. The van der Waals surface area contributed by atoms with Crippen LogP contribution in [0.2, 0.25) is 0 Å². The average Bonchev–Trinajstić information content (AvgIpc) is 2.80. The van der Waals surface area contributed by atoms with E-state index in [0.29, 0.717) is 0 Å². The Balaban J connectivity index is 1.93. The highest BCUT2D eigenvalue weighted by atomic mass is 15.1. The molecule has 0 amide bonds. The summed E-state index contributed by atoms with van der Waals surface area (Å²) in [5.74, 6) is 0. The molecule has 0 saturated heterocycles. The minimum atomic E-state index is 1.06. The molecule has 0 aliphatic carbocycles. The van der Waals surface area contributed by atoms with Crippen molar-refractivity contribution >= 4 is 5.69 Å². The zero-order valence-corrected chi connectivity index (χ0v) is 22.3. The van der Waals surface area contributed by atoms with E-state index in [0.717, 1.165) is 19.6 Å². The Bertz CT molecular complexity index is 523. The van der Waals surface area contributed by atoms with Gasteiger partial charge in [-0.3, -0.25) is 0 Å². The summed E-state index contributed by atoms with van der Waals surface area (Å²) < 4.78 is 0. The molecule has 0 atom stereocenters. The third-order valence-electron chi connectivity index (χ3n) is 6.89. The van der Waals surface area contributed by atoms with Crippen molar-refractivity contribution in [1.29, 1.82) is 0 Å². The van der Waals surface area contributed by atoms with Gasteiger partial charge >= 0.3 is 0 Å². The van der Waals surface area contributed by atoms with Crippen molar-refractivity contribution in [1.82, 2.24) is 4.90 Å². The van der Waals surface area contributed by atoms with E-state index < -0.39 is 0 Å². The molecule has 0 heterocycles. The van der Waals surface area contributed by atoms with Crippen molar-refractivity contribution in [2.75, 3.05) is 31.6 Å². The van der Waals surface area contributed by atoms with E-state index >= 15 is 0 Å². The topological polar surface area (TPSA) is 6.48 Å². The molecular weight excluding hydrogens is 388 g/mol. The third-order valence-corrected chi connectivity index (χ3v) is 6.89. The van der Waals surface area contributed by atoms with Gasteiger partial charge in [-0.2, -0.15) is 0 Å². The van der Waals surface area contributed by atoms with Gasteiger partial charge in [0, 0.05) is 25.3 Å². The SMILES string of the molecule is CCCCCCCCCCCCCCCCCCN(C)Cc1cccc(N(CC)CC)c1. The van der Waals surface area contributed by atoms with Crippen molar-refractivity contribution in [3.8, 4) is 0 Å². The molecule has 0 aromatic heterocycles. The number of hydrogen-bond donors (Lipinski definition) is 0. The van der Waals surface area contributed by atoms with Crippen molar-refractivity contribution in [3.05, 3.63) is 29.8 Å². The summed E-state index contributed by atoms with van der Waals surface area (Å²) in [6, 6.07) is 9.10. The highest BCUT2D eigenvalue weighted by molar-refractivity contribution is 5.48. The van der Waals surface area contributed by atoms with Crippen LogP contribution in [0.25, 0.3) is 0 Å².